The minimum atomic E-state index is 0.554. The molecular weight excluding hydrogens is 162 g/mol. The van der Waals surface area contributed by atoms with Crippen LogP contribution in [-0.2, 0) is 4.74 Å². The van der Waals surface area contributed by atoms with Crippen molar-refractivity contribution in [3.8, 4) is 0 Å². The summed E-state index contributed by atoms with van der Waals surface area (Å²) >= 11 is 0. The van der Waals surface area contributed by atoms with Gasteiger partial charge in [-0.1, -0.05) is 5.57 Å². The molecule has 0 amide bonds. The van der Waals surface area contributed by atoms with Gasteiger partial charge in [-0.15, -0.1) is 6.58 Å². The summed E-state index contributed by atoms with van der Waals surface area (Å²) in [7, 11) is 2.03. The number of rotatable bonds is 4. The second-order valence-electron chi connectivity index (χ2n) is 4.03. The van der Waals surface area contributed by atoms with Gasteiger partial charge in [0.15, 0.2) is 0 Å². The predicted molar refractivity (Wildman–Crippen MR) is 55.8 cm³/mol. The SMILES string of the molecule is C=C(C)CC(NC)C1CCCOC1. The monoisotopic (exact) mass is 183 g/mol. The molecule has 1 fully saturated rings. The van der Waals surface area contributed by atoms with Crippen molar-refractivity contribution in [2.45, 2.75) is 32.2 Å². The standard InChI is InChI=1S/C11H21NO/c1-9(2)7-11(12-3)10-5-4-6-13-8-10/h10-12H,1,4-8H2,2-3H3. The fraction of sp³-hybridized carbons (Fsp3) is 0.818. The fourth-order valence-electron chi connectivity index (χ4n) is 1.96. The van der Waals surface area contributed by atoms with Crippen LogP contribution in [0, 0.1) is 5.92 Å². The lowest BCUT2D eigenvalue weighted by molar-refractivity contribution is 0.0405. The van der Waals surface area contributed by atoms with Crippen molar-refractivity contribution in [2.75, 3.05) is 20.3 Å². The first kappa shape index (κ1) is 10.7. The average molecular weight is 183 g/mol. The van der Waals surface area contributed by atoms with E-state index in [9.17, 15) is 0 Å². The highest BCUT2D eigenvalue weighted by molar-refractivity contribution is 4.95. The highest BCUT2D eigenvalue weighted by atomic mass is 16.5. The van der Waals surface area contributed by atoms with E-state index in [1.54, 1.807) is 0 Å². The van der Waals surface area contributed by atoms with Crippen LogP contribution in [0.4, 0.5) is 0 Å². The van der Waals surface area contributed by atoms with Crippen LogP contribution in [0.2, 0.25) is 0 Å². The largest absolute Gasteiger partial charge is 0.381 e. The van der Waals surface area contributed by atoms with E-state index in [1.807, 2.05) is 7.05 Å². The molecule has 1 rings (SSSR count). The van der Waals surface area contributed by atoms with Gasteiger partial charge in [0.1, 0.15) is 0 Å². The predicted octanol–water partition coefficient (Wildman–Crippen LogP) is 1.97. The Morgan fingerprint density at radius 1 is 1.69 bits per heavy atom. The van der Waals surface area contributed by atoms with Gasteiger partial charge in [0.05, 0.1) is 6.61 Å². The molecular formula is C11H21NO. The van der Waals surface area contributed by atoms with Crippen molar-refractivity contribution in [2.24, 2.45) is 5.92 Å². The normalized spacial score (nSPS) is 25.5. The van der Waals surface area contributed by atoms with Crippen LogP contribution >= 0.6 is 0 Å². The van der Waals surface area contributed by atoms with Crippen LogP contribution < -0.4 is 5.32 Å². The molecule has 0 bridgehead atoms. The minimum absolute atomic E-state index is 0.554. The summed E-state index contributed by atoms with van der Waals surface area (Å²) in [5, 5.41) is 3.36. The van der Waals surface area contributed by atoms with E-state index in [4.69, 9.17) is 4.74 Å². The summed E-state index contributed by atoms with van der Waals surface area (Å²) in [6.45, 7) is 7.91. The van der Waals surface area contributed by atoms with E-state index in [2.05, 4.69) is 18.8 Å². The maximum Gasteiger partial charge on any atom is 0.0509 e. The van der Waals surface area contributed by atoms with E-state index in [0.717, 1.165) is 19.6 Å². The molecule has 0 saturated carbocycles. The van der Waals surface area contributed by atoms with E-state index < -0.39 is 0 Å². The van der Waals surface area contributed by atoms with E-state index in [0.29, 0.717) is 12.0 Å². The summed E-state index contributed by atoms with van der Waals surface area (Å²) in [5.41, 5.74) is 1.25. The third-order valence-corrected chi connectivity index (χ3v) is 2.70. The maximum absolute atomic E-state index is 5.48. The summed E-state index contributed by atoms with van der Waals surface area (Å²) in [4.78, 5) is 0. The molecule has 76 valence electrons. The number of hydrogen-bond donors (Lipinski definition) is 1. The fourth-order valence-corrected chi connectivity index (χ4v) is 1.96. The van der Waals surface area contributed by atoms with Gasteiger partial charge in [-0.3, -0.25) is 0 Å². The Morgan fingerprint density at radius 2 is 2.46 bits per heavy atom. The third kappa shape index (κ3) is 3.49. The number of ether oxygens (including phenoxy) is 1. The lowest BCUT2D eigenvalue weighted by Crippen LogP contribution is -2.38. The van der Waals surface area contributed by atoms with Gasteiger partial charge >= 0.3 is 0 Å². The van der Waals surface area contributed by atoms with Gasteiger partial charge in [0, 0.05) is 12.6 Å². The molecule has 2 atom stereocenters. The van der Waals surface area contributed by atoms with Gasteiger partial charge in [-0.2, -0.15) is 0 Å². The van der Waals surface area contributed by atoms with Crippen LogP contribution in [0.25, 0.3) is 0 Å². The molecule has 13 heavy (non-hydrogen) atoms. The molecule has 0 spiro atoms. The smallest absolute Gasteiger partial charge is 0.0509 e. The molecule has 1 heterocycles. The molecule has 1 saturated heterocycles. The van der Waals surface area contributed by atoms with Crippen molar-refractivity contribution < 1.29 is 4.74 Å². The maximum atomic E-state index is 5.48. The molecule has 1 aliphatic heterocycles. The highest BCUT2D eigenvalue weighted by Crippen LogP contribution is 2.21. The van der Waals surface area contributed by atoms with Gasteiger partial charge in [0.25, 0.3) is 0 Å². The summed E-state index contributed by atoms with van der Waals surface area (Å²) in [6, 6.07) is 0.554. The zero-order valence-electron chi connectivity index (χ0n) is 8.81. The van der Waals surface area contributed by atoms with Crippen LogP contribution in [0.5, 0.6) is 0 Å². The molecule has 2 nitrogen and oxygen atoms in total. The molecule has 2 heteroatoms. The van der Waals surface area contributed by atoms with E-state index in [1.165, 1.54) is 18.4 Å². The third-order valence-electron chi connectivity index (χ3n) is 2.70. The Labute approximate surface area is 81.4 Å². The van der Waals surface area contributed by atoms with Crippen LogP contribution in [0.1, 0.15) is 26.2 Å². The topological polar surface area (TPSA) is 21.3 Å². The quantitative estimate of drug-likeness (QED) is 0.673. The molecule has 0 aromatic heterocycles. The first-order valence-electron chi connectivity index (χ1n) is 5.13. The van der Waals surface area contributed by atoms with Crippen molar-refractivity contribution in [1.82, 2.24) is 5.32 Å². The molecule has 2 unspecified atom stereocenters. The first-order valence-corrected chi connectivity index (χ1v) is 5.13. The van der Waals surface area contributed by atoms with Gasteiger partial charge in [0.2, 0.25) is 0 Å². The van der Waals surface area contributed by atoms with Crippen molar-refractivity contribution in [3.63, 3.8) is 0 Å². The van der Waals surface area contributed by atoms with Crippen molar-refractivity contribution in [1.29, 1.82) is 0 Å². The molecule has 0 aromatic carbocycles. The summed E-state index contributed by atoms with van der Waals surface area (Å²) in [6.07, 6.45) is 3.57. The van der Waals surface area contributed by atoms with Gasteiger partial charge in [-0.05, 0) is 39.2 Å². The van der Waals surface area contributed by atoms with Gasteiger partial charge < -0.3 is 10.1 Å². The second kappa shape index (κ2) is 5.40. The highest BCUT2D eigenvalue weighted by Gasteiger charge is 2.22. The Kier molecular flexibility index (Phi) is 4.46. The molecule has 0 radical (unpaired) electrons. The Morgan fingerprint density at radius 3 is 2.92 bits per heavy atom. The first-order chi connectivity index (χ1) is 6.24. The van der Waals surface area contributed by atoms with Crippen molar-refractivity contribution >= 4 is 0 Å². The molecule has 0 aliphatic carbocycles. The lowest BCUT2D eigenvalue weighted by atomic mass is 9.90. The van der Waals surface area contributed by atoms with Crippen LogP contribution in [0.15, 0.2) is 12.2 Å². The summed E-state index contributed by atoms with van der Waals surface area (Å²) < 4.78 is 5.48. The zero-order valence-corrected chi connectivity index (χ0v) is 8.81. The van der Waals surface area contributed by atoms with E-state index in [-0.39, 0.29) is 0 Å². The van der Waals surface area contributed by atoms with Crippen molar-refractivity contribution in [3.05, 3.63) is 12.2 Å². The van der Waals surface area contributed by atoms with Crippen LogP contribution in [-0.4, -0.2) is 26.3 Å². The Balaban J connectivity index is 2.39. The second-order valence-corrected chi connectivity index (χ2v) is 4.03. The Hall–Kier alpha value is -0.340. The zero-order chi connectivity index (χ0) is 9.68. The molecule has 1 aliphatic rings. The number of hydrogen-bond acceptors (Lipinski definition) is 2. The minimum Gasteiger partial charge on any atom is -0.381 e. The van der Waals surface area contributed by atoms with Crippen LogP contribution in [0.3, 0.4) is 0 Å². The molecule has 1 N–H and O–H groups in total. The molecule has 0 aromatic rings. The average Bonchev–Trinajstić information content (AvgIpc) is 2.15. The lowest BCUT2D eigenvalue weighted by Gasteiger charge is -2.30. The summed E-state index contributed by atoms with van der Waals surface area (Å²) in [5.74, 6) is 0.676. The number of nitrogens with one attached hydrogen (secondary N) is 1. The van der Waals surface area contributed by atoms with Gasteiger partial charge in [-0.25, -0.2) is 0 Å². The Bertz CT molecular complexity index is 161. The van der Waals surface area contributed by atoms with E-state index >= 15 is 0 Å².